The van der Waals surface area contributed by atoms with Crippen molar-refractivity contribution >= 4 is 38.1 Å². The minimum atomic E-state index is 0.640. The largest absolute Gasteiger partial charge is 0.368 e. The van der Waals surface area contributed by atoms with Gasteiger partial charge in [0.2, 0.25) is 0 Å². The third-order valence-corrected chi connectivity index (χ3v) is 4.12. The number of hydrogen-bond acceptors (Lipinski definition) is 5. The maximum Gasteiger partial charge on any atom is 0.144 e. The third kappa shape index (κ3) is 2.20. The molecule has 0 aliphatic rings. The Morgan fingerprint density at radius 3 is 2.95 bits per heavy atom. The van der Waals surface area contributed by atoms with E-state index in [0.717, 1.165) is 29.8 Å². The Morgan fingerprint density at radius 2 is 2.15 bits per heavy atom. The van der Waals surface area contributed by atoms with E-state index in [-0.39, 0.29) is 0 Å². The van der Waals surface area contributed by atoms with Crippen molar-refractivity contribution in [2.75, 3.05) is 25.5 Å². The summed E-state index contributed by atoms with van der Waals surface area (Å²) < 4.78 is 1.17. The van der Waals surface area contributed by atoms with Crippen LogP contribution in [0.15, 0.2) is 29.6 Å². The molecule has 4 nitrogen and oxygen atoms in total. The monoisotopic (exact) mass is 282 g/mol. The summed E-state index contributed by atoms with van der Waals surface area (Å²) in [4.78, 5) is 4.68. The first-order chi connectivity index (χ1) is 9.83. The number of anilines is 1. The van der Waals surface area contributed by atoms with Crippen LogP contribution in [-0.4, -0.2) is 25.1 Å². The molecule has 0 aliphatic heterocycles. The van der Waals surface area contributed by atoms with Crippen LogP contribution in [0, 0.1) is 11.3 Å². The molecule has 0 bridgehead atoms. The summed E-state index contributed by atoms with van der Waals surface area (Å²) in [5, 5.41) is 19.8. The van der Waals surface area contributed by atoms with Crippen LogP contribution in [-0.2, 0) is 0 Å². The van der Waals surface area contributed by atoms with Crippen LogP contribution >= 0.6 is 11.3 Å². The molecule has 2 aromatic heterocycles. The van der Waals surface area contributed by atoms with E-state index in [9.17, 15) is 0 Å². The van der Waals surface area contributed by atoms with Crippen LogP contribution in [0.5, 0.6) is 0 Å². The second-order valence-corrected chi connectivity index (χ2v) is 5.41. The van der Waals surface area contributed by atoms with E-state index in [1.807, 2.05) is 25.2 Å². The fourth-order valence-electron chi connectivity index (χ4n) is 2.22. The molecule has 0 amide bonds. The molecular weight excluding hydrogens is 268 g/mol. The highest BCUT2D eigenvalue weighted by atomic mass is 32.1. The van der Waals surface area contributed by atoms with Gasteiger partial charge in [0, 0.05) is 23.9 Å². The summed E-state index contributed by atoms with van der Waals surface area (Å²) in [6, 6.07) is 9.94. The summed E-state index contributed by atoms with van der Waals surface area (Å²) in [6.45, 7) is 1.70. The zero-order valence-corrected chi connectivity index (χ0v) is 11.9. The molecule has 100 valence electrons. The first-order valence-corrected chi connectivity index (χ1v) is 7.31. The lowest BCUT2D eigenvalue weighted by atomic mass is 10.1. The van der Waals surface area contributed by atoms with E-state index in [0.29, 0.717) is 5.56 Å². The van der Waals surface area contributed by atoms with Crippen molar-refractivity contribution in [1.82, 2.24) is 10.3 Å². The molecule has 0 unspecified atom stereocenters. The van der Waals surface area contributed by atoms with Crippen LogP contribution < -0.4 is 10.6 Å². The molecule has 3 rings (SSSR count). The molecule has 5 heteroatoms. The van der Waals surface area contributed by atoms with Crippen molar-refractivity contribution in [3.05, 3.63) is 35.2 Å². The number of thiophene rings is 1. The quantitative estimate of drug-likeness (QED) is 0.722. The van der Waals surface area contributed by atoms with E-state index >= 15 is 0 Å². The number of nitriles is 1. The maximum absolute atomic E-state index is 9.01. The van der Waals surface area contributed by atoms with E-state index in [1.165, 1.54) is 10.1 Å². The summed E-state index contributed by atoms with van der Waals surface area (Å²) in [5.41, 5.74) is 1.50. The SMILES string of the molecule is CNCCNc1nc2cc(C#N)ccc2c2ccsc12. The third-order valence-electron chi connectivity index (χ3n) is 3.20. The Hall–Kier alpha value is -2.16. The van der Waals surface area contributed by atoms with Gasteiger partial charge in [0.1, 0.15) is 5.82 Å². The van der Waals surface area contributed by atoms with Crippen LogP contribution in [0.1, 0.15) is 5.56 Å². The fraction of sp³-hybridized carbons (Fsp3) is 0.200. The number of likely N-dealkylation sites (N-methyl/N-ethyl adjacent to an activating group) is 1. The number of nitrogens with zero attached hydrogens (tertiary/aromatic N) is 2. The molecule has 2 heterocycles. The van der Waals surface area contributed by atoms with Crippen molar-refractivity contribution in [3.63, 3.8) is 0 Å². The highest BCUT2D eigenvalue weighted by Crippen LogP contribution is 2.33. The number of pyridine rings is 1. The Morgan fingerprint density at radius 1 is 1.25 bits per heavy atom. The summed E-state index contributed by atoms with van der Waals surface area (Å²) in [6.07, 6.45) is 0. The summed E-state index contributed by atoms with van der Waals surface area (Å²) in [5.74, 6) is 0.896. The molecular formula is C15H14N4S. The Bertz CT molecular complexity index is 801. The van der Waals surface area contributed by atoms with Gasteiger partial charge in [-0.1, -0.05) is 6.07 Å². The van der Waals surface area contributed by atoms with Crippen LogP contribution in [0.25, 0.3) is 21.0 Å². The molecule has 0 aliphatic carbocycles. The van der Waals surface area contributed by atoms with Crippen LogP contribution in [0.2, 0.25) is 0 Å². The van der Waals surface area contributed by atoms with E-state index in [4.69, 9.17) is 5.26 Å². The van der Waals surface area contributed by atoms with Gasteiger partial charge < -0.3 is 10.6 Å². The highest BCUT2D eigenvalue weighted by molar-refractivity contribution is 7.18. The molecule has 20 heavy (non-hydrogen) atoms. The predicted octanol–water partition coefficient (Wildman–Crippen LogP) is 2.95. The van der Waals surface area contributed by atoms with Gasteiger partial charge in [0.15, 0.2) is 0 Å². The summed E-state index contributed by atoms with van der Waals surface area (Å²) in [7, 11) is 1.93. The number of hydrogen-bond donors (Lipinski definition) is 2. The van der Waals surface area contributed by atoms with E-state index < -0.39 is 0 Å². The Balaban J connectivity index is 2.16. The average Bonchev–Trinajstić information content (AvgIpc) is 2.96. The van der Waals surface area contributed by atoms with Gasteiger partial charge in [-0.3, -0.25) is 0 Å². The van der Waals surface area contributed by atoms with E-state index in [1.54, 1.807) is 11.3 Å². The molecule has 0 spiro atoms. The molecule has 2 N–H and O–H groups in total. The minimum Gasteiger partial charge on any atom is -0.368 e. The molecule has 0 radical (unpaired) electrons. The first-order valence-electron chi connectivity index (χ1n) is 6.43. The zero-order chi connectivity index (χ0) is 13.9. The zero-order valence-electron chi connectivity index (χ0n) is 11.1. The van der Waals surface area contributed by atoms with Crippen molar-refractivity contribution in [1.29, 1.82) is 5.26 Å². The number of fused-ring (bicyclic) bond motifs is 3. The van der Waals surface area contributed by atoms with Gasteiger partial charge in [-0.25, -0.2) is 4.98 Å². The number of rotatable bonds is 4. The lowest BCUT2D eigenvalue weighted by molar-refractivity contribution is 0.822. The molecule has 0 saturated carbocycles. The number of benzene rings is 1. The molecule has 0 fully saturated rings. The smallest absolute Gasteiger partial charge is 0.144 e. The lowest BCUT2D eigenvalue weighted by Crippen LogP contribution is -2.18. The fourth-order valence-corrected chi connectivity index (χ4v) is 3.10. The Kier molecular flexibility index (Phi) is 3.50. The van der Waals surface area contributed by atoms with Crippen LogP contribution in [0.3, 0.4) is 0 Å². The van der Waals surface area contributed by atoms with Gasteiger partial charge in [0.05, 0.1) is 21.8 Å². The minimum absolute atomic E-state index is 0.640. The molecule has 1 aromatic carbocycles. The first kappa shape index (κ1) is 12.9. The molecule has 0 atom stereocenters. The second kappa shape index (κ2) is 5.45. The molecule has 3 aromatic rings. The average molecular weight is 282 g/mol. The summed E-state index contributed by atoms with van der Waals surface area (Å²) >= 11 is 1.69. The number of nitrogens with one attached hydrogen (secondary N) is 2. The normalized spacial score (nSPS) is 10.8. The number of aromatic nitrogens is 1. The van der Waals surface area contributed by atoms with Crippen molar-refractivity contribution < 1.29 is 0 Å². The van der Waals surface area contributed by atoms with Crippen molar-refractivity contribution in [2.45, 2.75) is 0 Å². The predicted molar refractivity (Wildman–Crippen MR) is 84.3 cm³/mol. The Labute approximate surface area is 121 Å². The van der Waals surface area contributed by atoms with Gasteiger partial charge in [-0.2, -0.15) is 5.26 Å². The van der Waals surface area contributed by atoms with Crippen LogP contribution in [0.4, 0.5) is 5.82 Å². The maximum atomic E-state index is 9.01. The highest BCUT2D eigenvalue weighted by Gasteiger charge is 2.09. The topological polar surface area (TPSA) is 60.7 Å². The molecule has 0 saturated heterocycles. The van der Waals surface area contributed by atoms with Gasteiger partial charge in [-0.15, -0.1) is 11.3 Å². The second-order valence-electron chi connectivity index (χ2n) is 4.50. The lowest BCUT2D eigenvalue weighted by Gasteiger charge is -2.09. The van der Waals surface area contributed by atoms with Gasteiger partial charge in [0.25, 0.3) is 0 Å². The van der Waals surface area contributed by atoms with Gasteiger partial charge in [-0.05, 0) is 30.6 Å². The standard InChI is InChI=1S/C15H14N4S/c1-17-5-6-18-15-14-12(4-7-20-14)11-3-2-10(9-16)8-13(11)19-15/h2-4,7-8,17H,5-6H2,1H3,(H,18,19). The van der Waals surface area contributed by atoms with Crippen molar-refractivity contribution in [2.24, 2.45) is 0 Å². The van der Waals surface area contributed by atoms with E-state index in [2.05, 4.69) is 33.1 Å². The van der Waals surface area contributed by atoms with Crippen molar-refractivity contribution in [3.8, 4) is 6.07 Å². The van der Waals surface area contributed by atoms with Gasteiger partial charge >= 0.3 is 0 Å².